The standard InChI is InChI=1S/C29H28F8N2O5S/c1-16-15-38(12-10-21(16)24(40)41)25(42)39-13-11-26(45(43,44)20-6-4-19(30)5-7-20)22-8-3-18(14-17(22)2-9-23(26)39)27(31,28(32,33)34)29(35,36)37/h3-8,14,16,21,23H,2,9-13,15H2,1H3,(H,40,41)/t16?,21?,23-,26-/m1/s1. The molecule has 0 radical (unpaired) electrons. The fourth-order valence-corrected chi connectivity index (χ4v) is 9.52. The van der Waals surface area contributed by atoms with Crippen molar-refractivity contribution in [3.8, 4) is 0 Å². The smallest absolute Gasteiger partial charge is 0.435 e. The molecule has 16 heteroatoms. The number of sulfone groups is 1. The summed E-state index contributed by atoms with van der Waals surface area (Å²) in [6.07, 6.45) is -13.4. The van der Waals surface area contributed by atoms with Gasteiger partial charge in [-0.2, -0.15) is 26.3 Å². The number of carboxylic acids is 1. The Hall–Kier alpha value is -3.43. The second-order valence-electron chi connectivity index (χ2n) is 11.8. The van der Waals surface area contributed by atoms with Crippen LogP contribution in [0.15, 0.2) is 47.4 Å². The lowest BCUT2D eigenvalue weighted by Crippen LogP contribution is -2.56. The van der Waals surface area contributed by atoms with Gasteiger partial charge in [0.15, 0.2) is 9.84 Å². The predicted molar refractivity (Wildman–Crippen MR) is 142 cm³/mol. The van der Waals surface area contributed by atoms with Gasteiger partial charge in [0.05, 0.1) is 16.9 Å². The second kappa shape index (κ2) is 10.8. The fourth-order valence-electron chi connectivity index (χ4n) is 7.15. The summed E-state index contributed by atoms with van der Waals surface area (Å²) in [5.41, 5.74) is -7.91. The van der Waals surface area contributed by atoms with E-state index in [0.717, 1.165) is 30.3 Å². The molecule has 3 aliphatic rings. The van der Waals surface area contributed by atoms with Crippen LogP contribution < -0.4 is 0 Å². The highest BCUT2D eigenvalue weighted by Gasteiger charge is 2.74. The molecule has 0 spiro atoms. The summed E-state index contributed by atoms with van der Waals surface area (Å²) in [5, 5.41) is 9.45. The van der Waals surface area contributed by atoms with Crippen molar-refractivity contribution in [3.63, 3.8) is 0 Å². The number of likely N-dealkylation sites (tertiary alicyclic amines) is 2. The first kappa shape index (κ1) is 32.9. The minimum atomic E-state index is -6.38. The number of nitrogens with zero attached hydrogens (tertiary/aromatic N) is 2. The van der Waals surface area contributed by atoms with E-state index in [1.165, 1.54) is 9.80 Å². The highest BCUT2D eigenvalue weighted by molar-refractivity contribution is 7.92. The Balaban J connectivity index is 1.62. The number of carbonyl (C=O) groups excluding carboxylic acids is 1. The van der Waals surface area contributed by atoms with Crippen LogP contribution in [0.1, 0.15) is 42.9 Å². The lowest BCUT2D eigenvalue weighted by molar-refractivity contribution is -0.348. The van der Waals surface area contributed by atoms with Crippen LogP contribution in [0.4, 0.5) is 39.9 Å². The number of piperidine rings is 1. The van der Waals surface area contributed by atoms with Crippen molar-refractivity contribution in [1.82, 2.24) is 9.80 Å². The Morgan fingerprint density at radius 1 is 0.933 bits per heavy atom. The van der Waals surface area contributed by atoms with Gasteiger partial charge < -0.3 is 14.9 Å². The SMILES string of the molecule is CC1CN(C(=O)N2CC[C@@]3(S(=O)(=O)c4ccc(F)cc4)c4ccc(C(F)(C(F)(F)F)C(F)(F)F)cc4CC[C@@H]23)CCC1C(=O)O. The Morgan fingerprint density at radius 2 is 1.56 bits per heavy atom. The Bertz CT molecular complexity index is 1600. The molecule has 0 bridgehead atoms. The van der Waals surface area contributed by atoms with Crippen molar-refractivity contribution >= 4 is 21.8 Å². The topological polar surface area (TPSA) is 95.0 Å². The van der Waals surface area contributed by atoms with Crippen LogP contribution in [0.25, 0.3) is 0 Å². The number of urea groups is 1. The first-order chi connectivity index (χ1) is 20.8. The fraction of sp³-hybridized carbons (Fsp3) is 0.517. The normalized spacial score (nSPS) is 25.9. The van der Waals surface area contributed by atoms with Gasteiger partial charge >= 0.3 is 30.0 Å². The number of carboxylic acid groups (broad SMARTS) is 1. The van der Waals surface area contributed by atoms with Crippen LogP contribution in [0.5, 0.6) is 0 Å². The zero-order valence-electron chi connectivity index (χ0n) is 23.6. The van der Waals surface area contributed by atoms with Crippen LogP contribution in [0.2, 0.25) is 0 Å². The molecule has 2 aromatic carbocycles. The van der Waals surface area contributed by atoms with Crippen LogP contribution in [-0.2, 0) is 31.5 Å². The first-order valence-corrected chi connectivity index (χ1v) is 15.5. The van der Waals surface area contributed by atoms with Gasteiger partial charge in [0.2, 0.25) is 0 Å². The van der Waals surface area contributed by atoms with E-state index in [1.54, 1.807) is 6.92 Å². The molecule has 1 aliphatic carbocycles. The molecule has 2 fully saturated rings. The quantitative estimate of drug-likeness (QED) is 0.320. The van der Waals surface area contributed by atoms with Crippen LogP contribution in [0.3, 0.4) is 0 Å². The third-order valence-electron chi connectivity index (χ3n) is 9.41. The third-order valence-corrected chi connectivity index (χ3v) is 12.0. The highest BCUT2D eigenvalue weighted by atomic mass is 32.2. The number of alkyl halides is 7. The number of aryl methyl sites for hydroxylation is 1. The monoisotopic (exact) mass is 668 g/mol. The van der Waals surface area contributed by atoms with Crippen molar-refractivity contribution in [2.24, 2.45) is 11.8 Å². The number of hydrogen-bond acceptors (Lipinski definition) is 4. The van der Waals surface area contributed by atoms with Crippen molar-refractivity contribution in [3.05, 3.63) is 65.0 Å². The molecule has 2 aromatic rings. The van der Waals surface area contributed by atoms with Gasteiger partial charge in [0.25, 0.3) is 0 Å². The maximum absolute atomic E-state index is 15.0. The summed E-state index contributed by atoms with van der Waals surface area (Å²) < 4.78 is 137. The Kier molecular flexibility index (Phi) is 7.93. The lowest BCUT2D eigenvalue weighted by atomic mass is 9.77. The Labute approximate surface area is 252 Å². The molecule has 7 nitrogen and oxygen atoms in total. The molecule has 4 atom stereocenters. The van der Waals surface area contributed by atoms with Gasteiger partial charge in [-0.25, -0.2) is 22.0 Å². The predicted octanol–water partition coefficient (Wildman–Crippen LogP) is 5.97. The summed E-state index contributed by atoms with van der Waals surface area (Å²) in [5.74, 6) is -2.91. The summed E-state index contributed by atoms with van der Waals surface area (Å²) in [4.78, 5) is 27.7. The average Bonchev–Trinajstić information content (AvgIpc) is 3.36. The summed E-state index contributed by atoms with van der Waals surface area (Å²) in [6, 6.07) is 3.37. The van der Waals surface area contributed by atoms with E-state index < -0.39 is 73.9 Å². The molecule has 246 valence electrons. The summed E-state index contributed by atoms with van der Waals surface area (Å²) in [7, 11) is -4.62. The first-order valence-electron chi connectivity index (χ1n) is 14.0. The molecule has 2 unspecified atom stereocenters. The van der Waals surface area contributed by atoms with Crippen molar-refractivity contribution in [2.45, 2.75) is 66.3 Å². The van der Waals surface area contributed by atoms with Gasteiger partial charge in [-0.1, -0.05) is 25.1 Å². The zero-order chi connectivity index (χ0) is 33.3. The zero-order valence-corrected chi connectivity index (χ0v) is 24.4. The van der Waals surface area contributed by atoms with Crippen molar-refractivity contribution in [1.29, 1.82) is 0 Å². The number of halogens is 8. The number of rotatable bonds is 4. The number of amides is 2. The maximum atomic E-state index is 15.0. The van der Waals surface area contributed by atoms with Crippen LogP contribution in [-0.4, -0.2) is 73.4 Å². The van der Waals surface area contributed by atoms with E-state index in [4.69, 9.17) is 0 Å². The summed E-state index contributed by atoms with van der Waals surface area (Å²) >= 11 is 0. The summed E-state index contributed by atoms with van der Waals surface area (Å²) in [6.45, 7) is 1.61. The molecule has 5 rings (SSSR count). The Morgan fingerprint density at radius 3 is 2.11 bits per heavy atom. The van der Waals surface area contributed by atoms with Gasteiger partial charge in [-0.3, -0.25) is 4.79 Å². The average molecular weight is 669 g/mol. The number of benzene rings is 2. The largest absolute Gasteiger partial charge is 0.481 e. The van der Waals surface area contributed by atoms with Gasteiger partial charge in [-0.05, 0) is 67.0 Å². The molecule has 1 N–H and O–H groups in total. The number of carbonyl (C=O) groups is 2. The number of hydrogen-bond donors (Lipinski definition) is 1. The molecule has 2 heterocycles. The van der Waals surface area contributed by atoms with E-state index in [2.05, 4.69) is 0 Å². The van der Waals surface area contributed by atoms with Gasteiger partial charge in [-0.15, -0.1) is 0 Å². The van der Waals surface area contributed by atoms with Crippen LogP contribution in [0, 0.1) is 17.7 Å². The van der Waals surface area contributed by atoms with E-state index in [1.807, 2.05) is 0 Å². The molecule has 0 saturated carbocycles. The van der Waals surface area contributed by atoms with E-state index in [0.29, 0.717) is 6.07 Å². The minimum Gasteiger partial charge on any atom is -0.481 e. The maximum Gasteiger partial charge on any atom is 0.435 e. The van der Waals surface area contributed by atoms with E-state index in [9.17, 15) is 58.2 Å². The number of aliphatic carboxylic acids is 1. The van der Waals surface area contributed by atoms with Crippen molar-refractivity contribution in [2.75, 3.05) is 19.6 Å². The third kappa shape index (κ3) is 4.94. The van der Waals surface area contributed by atoms with Gasteiger partial charge in [0.1, 0.15) is 10.6 Å². The van der Waals surface area contributed by atoms with E-state index in [-0.39, 0.29) is 67.4 Å². The molecule has 2 amide bonds. The molecule has 2 aliphatic heterocycles. The van der Waals surface area contributed by atoms with E-state index >= 15 is 0 Å². The van der Waals surface area contributed by atoms with Gasteiger partial charge in [0, 0.05) is 25.2 Å². The molecular formula is C29H28F8N2O5S. The second-order valence-corrected chi connectivity index (χ2v) is 14.0. The lowest BCUT2D eigenvalue weighted by Gasteiger charge is -2.44. The molecule has 0 aromatic heterocycles. The minimum absolute atomic E-state index is 0.0597. The molecule has 45 heavy (non-hydrogen) atoms. The highest BCUT2D eigenvalue weighted by Crippen LogP contribution is 2.57. The molecule has 2 saturated heterocycles. The van der Waals surface area contributed by atoms with Crippen molar-refractivity contribution < 1.29 is 58.2 Å². The molecular weight excluding hydrogens is 640 g/mol. The van der Waals surface area contributed by atoms with Crippen LogP contribution >= 0.6 is 0 Å². The number of fused-ring (bicyclic) bond motifs is 3.